The molecule has 8 heteroatoms. The highest BCUT2D eigenvalue weighted by molar-refractivity contribution is 7.92. The number of rotatable bonds is 9. The van der Waals surface area contributed by atoms with Crippen molar-refractivity contribution < 1.29 is 26.6 Å². The van der Waals surface area contributed by atoms with Gasteiger partial charge in [-0.05, 0) is 56.7 Å². The van der Waals surface area contributed by atoms with Crippen molar-refractivity contribution in [3.05, 3.63) is 90.5 Å². The molecule has 0 radical (unpaired) electrons. The number of para-hydroxylation sites is 2. The molecule has 3 rings (SSSR count). The molecule has 0 aliphatic heterocycles. The predicted octanol–water partition coefficient (Wildman–Crippen LogP) is 6.21. The quantitative estimate of drug-likeness (QED) is 0.353. The van der Waals surface area contributed by atoms with Crippen molar-refractivity contribution in [3.8, 4) is 11.5 Å². The zero-order valence-corrected chi connectivity index (χ0v) is 19.3. The maximum Gasteiger partial charge on any atom is 0.588 e. The summed E-state index contributed by atoms with van der Waals surface area (Å²) in [4.78, 5) is 0.128. The van der Waals surface area contributed by atoms with E-state index < -0.39 is 29.0 Å². The summed E-state index contributed by atoms with van der Waals surface area (Å²) in [6.07, 6.45) is -0.886. The number of phosphoric ester groups is 1. The number of sulfone groups is 1. The van der Waals surface area contributed by atoms with Crippen molar-refractivity contribution in [2.24, 2.45) is 0 Å². The van der Waals surface area contributed by atoms with Gasteiger partial charge in [0.25, 0.3) is 0 Å². The first-order valence-electron chi connectivity index (χ1n) is 9.82. The maximum absolute atomic E-state index is 13.6. The Labute approximate surface area is 183 Å². The Morgan fingerprint density at radius 1 is 0.710 bits per heavy atom. The van der Waals surface area contributed by atoms with Gasteiger partial charge in [0.1, 0.15) is 11.5 Å². The van der Waals surface area contributed by atoms with Gasteiger partial charge < -0.3 is 9.05 Å². The zero-order valence-electron chi connectivity index (χ0n) is 17.5. The molecule has 3 aromatic carbocycles. The van der Waals surface area contributed by atoms with E-state index >= 15 is 0 Å². The fraction of sp³-hybridized carbons (Fsp3) is 0.217. The van der Waals surface area contributed by atoms with Gasteiger partial charge in [-0.3, -0.25) is 4.52 Å². The van der Waals surface area contributed by atoms with Crippen LogP contribution >= 0.6 is 7.82 Å². The molecular weight excluding hydrogens is 435 g/mol. The van der Waals surface area contributed by atoms with Crippen LogP contribution < -0.4 is 9.05 Å². The summed E-state index contributed by atoms with van der Waals surface area (Å²) in [7, 11) is -7.75. The predicted molar refractivity (Wildman–Crippen MR) is 120 cm³/mol. The molecule has 0 N–H and O–H groups in total. The lowest BCUT2D eigenvalue weighted by molar-refractivity contribution is 0.154. The second-order valence-corrected chi connectivity index (χ2v) is 11.1. The molecule has 0 bridgehead atoms. The van der Waals surface area contributed by atoms with Crippen molar-refractivity contribution in [1.82, 2.24) is 0 Å². The standard InChI is InChI=1S/C23H25O6PS/c1-18(2)31(25,26)23-17-11-10-16-22(23)19(3)27-30(24,28-20-12-6-4-7-13-20)29-21-14-8-5-9-15-21/h4-19H,1-3H3. The van der Waals surface area contributed by atoms with Crippen molar-refractivity contribution in [3.63, 3.8) is 0 Å². The number of hydrogen-bond donors (Lipinski definition) is 0. The molecule has 0 spiro atoms. The van der Waals surface area contributed by atoms with E-state index in [1.807, 2.05) is 0 Å². The molecule has 3 aromatic rings. The first-order valence-corrected chi connectivity index (χ1v) is 12.8. The largest absolute Gasteiger partial charge is 0.588 e. The van der Waals surface area contributed by atoms with Crippen molar-refractivity contribution in [1.29, 1.82) is 0 Å². The van der Waals surface area contributed by atoms with Crippen molar-refractivity contribution >= 4 is 17.7 Å². The molecule has 1 unspecified atom stereocenters. The fourth-order valence-corrected chi connectivity index (χ4v) is 5.59. The fourth-order valence-electron chi connectivity index (χ4n) is 2.86. The third-order valence-electron chi connectivity index (χ3n) is 4.49. The Hall–Kier alpha value is -2.60. The van der Waals surface area contributed by atoms with Gasteiger partial charge in [0.05, 0.1) is 16.2 Å². The first kappa shape index (κ1) is 23.1. The summed E-state index contributed by atoms with van der Waals surface area (Å²) in [6.45, 7) is 4.84. The Kier molecular flexibility index (Phi) is 7.21. The molecule has 31 heavy (non-hydrogen) atoms. The van der Waals surface area contributed by atoms with Crippen LogP contribution in [0.15, 0.2) is 89.8 Å². The van der Waals surface area contributed by atoms with E-state index in [2.05, 4.69) is 0 Å². The molecule has 1 atom stereocenters. The molecule has 0 aliphatic carbocycles. The first-order chi connectivity index (χ1) is 14.7. The molecule has 0 fully saturated rings. The van der Waals surface area contributed by atoms with Gasteiger partial charge in [0, 0.05) is 0 Å². The van der Waals surface area contributed by atoms with E-state index in [1.165, 1.54) is 6.07 Å². The monoisotopic (exact) mass is 460 g/mol. The molecule has 6 nitrogen and oxygen atoms in total. The number of hydrogen-bond acceptors (Lipinski definition) is 6. The topological polar surface area (TPSA) is 78.9 Å². The maximum atomic E-state index is 13.6. The van der Waals surface area contributed by atoms with Gasteiger partial charge in [-0.15, -0.1) is 0 Å². The highest BCUT2D eigenvalue weighted by Crippen LogP contribution is 2.53. The average Bonchev–Trinajstić information content (AvgIpc) is 2.74. The summed E-state index contributed by atoms with van der Waals surface area (Å²) in [5.74, 6) is 0.606. The second-order valence-electron chi connectivity index (χ2n) is 7.14. The normalized spacial score (nSPS) is 13.0. The van der Waals surface area contributed by atoms with Crippen LogP contribution in [0.1, 0.15) is 32.4 Å². The average molecular weight is 460 g/mol. The summed E-state index contributed by atoms with van der Waals surface area (Å²) in [6, 6.07) is 23.6. The Morgan fingerprint density at radius 3 is 1.65 bits per heavy atom. The third kappa shape index (κ3) is 5.76. The summed E-state index contributed by atoms with van der Waals surface area (Å²) in [5.41, 5.74) is 0.379. The Balaban J connectivity index is 1.96. The van der Waals surface area contributed by atoms with Gasteiger partial charge in [-0.25, -0.2) is 13.0 Å². The number of phosphoric acid groups is 1. The lowest BCUT2D eigenvalue weighted by Crippen LogP contribution is -2.17. The molecule has 0 heterocycles. The smallest absolute Gasteiger partial charge is 0.395 e. The van der Waals surface area contributed by atoms with Crippen LogP contribution in [-0.2, 0) is 18.9 Å². The van der Waals surface area contributed by atoms with E-state index in [1.54, 1.807) is 99.6 Å². The molecule has 0 aliphatic rings. The molecule has 164 valence electrons. The molecule has 0 amide bonds. The van der Waals surface area contributed by atoms with Gasteiger partial charge in [-0.2, -0.15) is 0 Å². The minimum Gasteiger partial charge on any atom is -0.395 e. The highest BCUT2D eigenvalue weighted by atomic mass is 32.2. The van der Waals surface area contributed by atoms with Crippen LogP contribution in [0.5, 0.6) is 11.5 Å². The van der Waals surface area contributed by atoms with Crippen LogP contribution in [0, 0.1) is 0 Å². The van der Waals surface area contributed by atoms with Crippen LogP contribution in [-0.4, -0.2) is 13.7 Å². The van der Waals surface area contributed by atoms with Gasteiger partial charge >= 0.3 is 7.82 Å². The second kappa shape index (κ2) is 9.69. The van der Waals surface area contributed by atoms with Gasteiger partial charge in [0.2, 0.25) is 0 Å². The summed E-state index contributed by atoms with van der Waals surface area (Å²) in [5, 5.41) is -0.617. The summed E-state index contributed by atoms with van der Waals surface area (Å²) < 4.78 is 56.3. The molecular formula is C23H25O6PS. The van der Waals surface area contributed by atoms with E-state index in [0.717, 1.165) is 0 Å². The SMILES string of the molecule is CC(OP(=O)(Oc1ccccc1)Oc1ccccc1)c1ccccc1S(=O)(=O)C(C)C. The van der Waals surface area contributed by atoms with Crippen LogP contribution in [0.25, 0.3) is 0 Å². The van der Waals surface area contributed by atoms with Crippen LogP contribution in [0.3, 0.4) is 0 Å². The Bertz CT molecular complexity index is 1100. The van der Waals surface area contributed by atoms with E-state index in [9.17, 15) is 13.0 Å². The lowest BCUT2D eigenvalue weighted by Gasteiger charge is -2.24. The number of benzene rings is 3. The zero-order chi connectivity index (χ0) is 22.5. The minimum atomic E-state index is -4.18. The van der Waals surface area contributed by atoms with Gasteiger partial charge in [0.15, 0.2) is 9.84 Å². The Morgan fingerprint density at radius 2 is 1.16 bits per heavy atom. The van der Waals surface area contributed by atoms with Crippen LogP contribution in [0.4, 0.5) is 0 Å². The third-order valence-corrected chi connectivity index (χ3v) is 8.16. The van der Waals surface area contributed by atoms with Crippen molar-refractivity contribution in [2.45, 2.75) is 37.0 Å². The van der Waals surface area contributed by atoms with E-state index in [-0.39, 0.29) is 4.90 Å². The summed E-state index contributed by atoms with van der Waals surface area (Å²) >= 11 is 0. The minimum absolute atomic E-state index is 0.128. The van der Waals surface area contributed by atoms with Gasteiger partial charge in [-0.1, -0.05) is 54.6 Å². The van der Waals surface area contributed by atoms with E-state index in [4.69, 9.17) is 13.6 Å². The molecule has 0 aromatic heterocycles. The molecule has 0 saturated carbocycles. The van der Waals surface area contributed by atoms with E-state index in [0.29, 0.717) is 17.1 Å². The molecule has 0 saturated heterocycles. The lowest BCUT2D eigenvalue weighted by atomic mass is 10.1. The highest BCUT2D eigenvalue weighted by Gasteiger charge is 2.35. The van der Waals surface area contributed by atoms with Crippen molar-refractivity contribution in [2.75, 3.05) is 0 Å². The van der Waals surface area contributed by atoms with Crippen LogP contribution in [0.2, 0.25) is 0 Å².